The maximum atomic E-state index is 12.4. The van der Waals surface area contributed by atoms with Crippen molar-refractivity contribution in [3.63, 3.8) is 0 Å². The Morgan fingerprint density at radius 1 is 1.12 bits per heavy atom. The third kappa shape index (κ3) is 4.85. The van der Waals surface area contributed by atoms with Gasteiger partial charge in [0.15, 0.2) is 0 Å². The molecule has 7 heteroatoms. The van der Waals surface area contributed by atoms with Crippen LogP contribution in [0.2, 0.25) is 0 Å². The fraction of sp³-hybridized carbons (Fsp3) is 0.333. The molecule has 0 saturated carbocycles. The highest BCUT2D eigenvalue weighted by Crippen LogP contribution is 2.22. The lowest BCUT2D eigenvalue weighted by Crippen LogP contribution is -2.35. The highest BCUT2D eigenvalue weighted by Gasteiger charge is 2.16. The normalized spacial score (nSPS) is 10.4. The summed E-state index contributed by atoms with van der Waals surface area (Å²) in [4.78, 5) is 23.6. The maximum absolute atomic E-state index is 12.4. The van der Waals surface area contributed by atoms with Crippen molar-refractivity contribution in [3.05, 3.63) is 51.8 Å². The number of ether oxygens (including phenoxy) is 1. The van der Waals surface area contributed by atoms with Crippen LogP contribution >= 0.6 is 15.9 Å². The molecule has 2 N–H and O–H groups in total. The molecular formula is C18H22BrN3O3. The van der Waals surface area contributed by atoms with E-state index in [1.807, 2.05) is 48.7 Å². The summed E-state index contributed by atoms with van der Waals surface area (Å²) in [5.41, 5.74) is 3.48. The number of aromatic nitrogens is 1. The van der Waals surface area contributed by atoms with Crippen LogP contribution in [-0.4, -0.2) is 36.3 Å². The lowest BCUT2D eigenvalue weighted by atomic mass is 10.2. The molecule has 0 atom stereocenters. The number of carbonyl (C=O) groups is 2. The number of halogens is 1. The van der Waals surface area contributed by atoms with E-state index in [4.69, 9.17) is 4.74 Å². The number of carbonyl (C=O) groups excluding carboxylic acids is 2. The number of aryl methyl sites for hydroxylation is 1. The summed E-state index contributed by atoms with van der Waals surface area (Å²) in [5, 5.41) is 5.38. The predicted molar refractivity (Wildman–Crippen MR) is 100 cm³/mol. The number of alkyl carbamates (subject to hydrolysis) is 1. The van der Waals surface area contributed by atoms with Crippen molar-refractivity contribution in [2.75, 3.05) is 19.7 Å². The summed E-state index contributed by atoms with van der Waals surface area (Å²) in [7, 11) is 0. The minimum Gasteiger partial charge on any atom is -0.450 e. The average molecular weight is 408 g/mol. The summed E-state index contributed by atoms with van der Waals surface area (Å²) in [5.74, 6) is -0.165. The van der Waals surface area contributed by atoms with E-state index in [0.717, 1.165) is 21.5 Å². The standard InChI is InChI=1S/C18H22BrN3O3/c1-4-25-18(24)21-10-9-20-17(23)16-11-12(2)22(13(16)3)15-7-5-14(19)6-8-15/h5-8,11H,4,9-10H2,1-3H3,(H,20,23)(H,21,24). The molecule has 0 bridgehead atoms. The van der Waals surface area contributed by atoms with E-state index in [2.05, 4.69) is 26.6 Å². The van der Waals surface area contributed by atoms with Crippen molar-refractivity contribution in [1.29, 1.82) is 0 Å². The molecule has 1 aromatic carbocycles. The zero-order valence-corrected chi connectivity index (χ0v) is 16.1. The van der Waals surface area contributed by atoms with Crippen LogP contribution in [-0.2, 0) is 4.74 Å². The van der Waals surface area contributed by atoms with Gasteiger partial charge in [0.2, 0.25) is 0 Å². The van der Waals surface area contributed by atoms with Gasteiger partial charge in [0.1, 0.15) is 0 Å². The molecule has 0 aliphatic heterocycles. The van der Waals surface area contributed by atoms with Crippen LogP contribution < -0.4 is 10.6 Å². The van der Waals surface area contributed by atoms with E-state index in [1.54, 1.807) is 6.92 Å². The minimum atomic E-state index is -0.481. The summed E-state index contributed by atoms with van der Waals surface area (Å²) in [6.07, 6.45) is -0.481. The van der Waals surface area contributed by atoms with Crippen LogP contribution in [0.4, 0.5) is 4.79 Å². The summed E-state index contributed by atoms with van der Waals surface area (Å²) >= 11 is 3.43. The molecule has 6 nitrogen and oxygen atoms in total. The number of benzene rings is 1. The molecule has 2 aromatic rings. The van der Waals surface area contributed by atoms with Gasteiger partial charge in [-0.05, 0) is 51.1 Å². The maximum Gasteiger partial charge on any atom is 0.407 e. The van der Waals surface area contributed by atoms with E-state index in [1.165, 1.54) is 0 Å². The van der Waals surface area contributed by atoms with Crippen LogP contribution in [0.15, 0.2) is 34.8 Å². The molecule has 1 aromatic heterocycles. The van der Waals surface area contributed by atoms with Crippen molar-refractivity contribution >= 4 is 27.9 Å². The number of hydrogen-bond acceptors (Lipinski definition) is 3. The van der Waals surface area contributed by atoms with E-state index in [9.17, 15) is 9.59 Å². The number of amides is 2. The number of rotatable bonds is 6. The molecule has 2 amide bonds. The van der Waals surface area contributed by atoms with Gasteiger partial charge in [0.05, 0.1) is 12.2 Å². The lowest BCUT2D eigenvalue weighted by molar-refractivity contribution is 0.0951. The van der Waals surface area contributed by atoms with E-state index >= 15 is 0 Å². The molecule has 0 unspecified atom stereocenters. The second-order valence-corrected chi connectivity index (χ2v) is 6.42. The molecule has 0 aliphatic carbocycles. The highest BCUT2D eigenvalue weighted by atomic mass is 79.9. The van der Waals surface area contributed by atoms with Crippen LogP contribution in [0, 0.1) is 13.8 Å². The van der Waals surface area contributed by atoms with Gasteiger partial charge in [0.25, 0.3) is 5.91 Å². The molecule has 0 aliphatic rings. The smallest absolute Gasteiger partial charge is 0.407 e. The van der Waals surface area contributed by atoms with Gasteiger partial charge in [-0.25, -0.2) is 4.79 Å². The molecule has 0 saturated heterocycles. The zero-order chi connectivity index (χ0) is 18.4. The van der Waals surface area contributed by atoms with Crippen molar-refractivity contribution in [3.8, 4) is 5.69 Å². The molecule has 0 radical (unpaired) electrons. The highest BCUT2D eigenvalue weighted by molar-refractivity contribution is 9.10. The third-order valence-electron chi connectivity index (χ3n) is 3.72. The molecule has 134 valence electrons. The fourth-order valence-corrected chi connectivity index (χ4v) is 2.86. The van der Waals surface area contributed by atoms with Gasteiger partial charge >= 0.3 is 6.09 Å². The predicted octanol–water partition coefficient (Wildman–Crippen LogP) is 3.33. The average Bonchev–Trinajstić information content (AvgIpc) is 2.87. The second kappa shape index (κ2) is 8.71. The van der Waals surface area contributed by atoms with E-state index in [-0.39, 0.29) is 5.91 Å². The topological polar surface area (TPSA) is 72.4 Å². The Labute approximate surface area is 155 Å². The number of nitrogens with one attached hydrogen (secondary N) is 2. The monoisotopic (exact) mass is 407 g/mol. The Morgan fingerprint density at radius 3 is 2.40 bits per heavy atom. The molecule has 0 fully saturated rings. The van der Waals surface area contributed by atoms with Crippen LogP contribution in [0.3, 0.4) is 0 Å². The van der Waals surface area contributed by atoms with E-state index in [0.29, 0.717) is 25.3 Å². The summed E-state index contributed by atoms with van der Waals surface area (Å²) in [6.45, 7) is 6.59. The minimum absolute atomic E-state index is 0.165. The molecule has 1 heterocycles. The molecule has 0 spiro atoms. The largest absolute Gasteiger partial charge is 0.450 e. The first-order valence-corrected chi connectivity index (χ1v) is 8.87. The van der Waals surface area contributed by atoms with Gasteiger partial charge in [0, 0.05) is 34.6 Å². The lowest BCUT2D eigenvalue weighted by Gasteiger charge is -2.10. The van der Waals surface area contributed by atoms with Crippen molar-refractivity contribution in [1.82, 2.24) is 15.2 Å². The second-order valence-electron chi connectivity index (χ2n) is 5.50. The first kappa shape index (κ1) is 19.1. The first-order chi connectivity index (χ1) is 11.9. The quantitative estimate of drug-likeness (QED) is 0.721. The summed E-state index contributed by atoms with van der Waals surface area (Å²) < 4.78 is 7.80. The fourth-order valence-electron chi connectivity index (χ4n) is 2.60. The Bertz CT molecular complexity index is 754. The Balaban J connectivity index is 2.02. The number of hydrogen-bond donors (Lipinski definition) is 2. The van der Waals surface area contributed by atoms with Crippen LogP contribution in [0.25, 0.3) is 5.69 Å². The van der Waals surface area contributed by atoms with Gasteiger partial charge in [-0.15, -0.1) is 0 Å². The van der Waals surface area contributed by atoms with Gasteiger partial charge in [-0.2, -0.15) is 0 Å². The molecular weight excluding hydrogens is 386 g/mol. The van der Waals surface area contributed by atoms with Crippen LogP contribution in [0.1, 0.15) is 28.7 Å². The molecule has 2 rings (SSSR count). The van der Waals surface area contributed by atoms with Crippen molar-refractivity contribution < 1.29 is 14.3 Å². The third-order valence-corrected chi connectivity index (χ3v) is 4.24. The van der Waals surface area contributed by atoms with Crippen LogP contribution in [0.5, 0.6) is 0 Å². The van der Waals surface area contributed by atoms with Crippen molar-refractivity contribution in [2.24, 2.45) is 0 Å². The van der Waals surface area contributed by atoms with Gasteiger partial charge in [-0.3, -0.25) is 4.79 Å². The number of nitrogens with zero attached hydrogens (tertiary/aromatic N) is 1. The van der Waals surface area contributed by atoms with E-state index < -0.39 is 6.09 Å². The van der Waals surface area contributed by atoms with Crippen molar-refractivity contribution in [2.45, 2.75) is 20.8 Å². The summed E-state index contributed by atoms with van der Waals surface area (Å²) in [6, 6.07) is 9.79. The van der Waals surface area contributed by atoms with Gasteiger partial charge < -0.3 is 19.9 Å². The van der Waals surface area contributed by atoms with Gasteiger partial charge in [-0.1, -0.05) is 15.9 Å². The zero-order valence-electron chi connectivity index (χ0n) is 14.6. The molecule has 25 heavy (non-hydrogen) atoms. The first-order valence-electron chi connectivity index (χ1n) is 8.07. The Morgan fingerprint density at radius 2 is 1.76 bits per heavy atom. The SMILES string of the molecule is CCOC(=O)NCCNC(=O)c1cc(C)n(-c2ccc(Br)cc2)c1C. The Hall–Kier alpha value is -2.28. The Kier molecular flexibility index (Phi) is 6.64.